The summed E-state index contributed by atoms with van der Waals surface area (Å²) in [6.07, 6.45) is 1.59. The zero-order valence-corrected chi connectivity index (χ0v) is 14.0. The number of pyridine rings is 1. The van der Waals surface area contributed by atoms with E-state index in [2.05, 4.69) is 20.9 Å². The topological polar surface area (TPSA) is 86.4 Å². The van der Waals surface area contributed by atoms with Crippen LogP contribution >= 0.6 is 0 Å². The van der Waals surface area contributed by atoms with Gasteiger partial charge in [0.05, 0.1) is 24.5 Å². The van der Waals surface area contributed by atoms with Crippen molar-refractivity contribution in [2.75, 3.05) is 29.9 Å². The summed E-state index contributed by atoms with van der Waals surface area (Å²) in [4.78, 5) is 29.8. The minimum atomic E-state index is -0.289. The molecule has 1 fully saturated rings. The lowest BCUT2D eigenvalue weighted by Crippen LogP contribution is -2.48. The molecule has 3 N–H and O–H groups in total. The van der Waals surface area contributed by atoms with Crippen LogP contribution in [-0.2, 0) is 4.79 Å². The van der Waals surface area contributed by atoms with Gasteiger partial charge in [-0.3, -0.25) is 4.79 Å². The van der Waals surface area contributed by atoms with Crippen molar-refractivity contribution in [3.63, 3.8) is 0 Å². The van der Waals surface area contributed by atoms with E-state index in [4.69, 9.17) is 0 Å². The van der Waals surface area contributed by atoms with Crippen molar-refractivity contribution in [3.8, 4) is 0 Å². The largest absolute Gasteiger partial charge is 0.353 e. The van der Waals surface area contributed by atoms with Crippen LogP contribution in [0.3, 0.4) is 0 Å². The Morgan fingerprint density at radius 1 is 1.24 bits per heavy atom. The van der Waals surface area contributed by atoms with Crippen molar-refractivity contribution < 1.29 is 9.59 Å². The molecule has 1 saturated heterocycles. The second-order valence-electron chi connectivity index (χ2n) is 5.91. The van der Waals surface area contributed by atoms with Crippen LogP contribution < -0.4 is 20.9 Å². The summed E-state index contributed by atoms with van der Waals surface area (Å²) in [7, 11) is 0. The molecular weight excluding hydrogens is 318 g/mol. The molecule has 1 aliphatic rings. The average molecular weight is 339 g/mol. The summed E-state index contributed by atoms with van der Waals surface area (Å²) >= 11 is 0. The molecule has 25 heavy (non-hydrogen) atoms. The number of aromatic nitrogens is 1. The van der Waals surface area contributed by atoms with Gasteiger partial charge in [-0.25, -0.2) is 9.78 Å². The predicted molar refractivity (Wildman–Crippen MR) is 96.5 cm³/mol. The van der Waals surface area contributed by atoms with Crippen molar-refractivity contribution >= 4 is 23.4 Å². The van der Waals surface area contributed by atoms with Gasteiger partial charge in [0, 0.05) is 13.1 Å². The SMILES string of the molecule is C[C@@H](NC(=O)Nc1ccc(N2CCNC(=O)C2)nc1)c1ccccc1. The van der Waals surface area contributed by atoms with E-state index in [1.54, 1.807) is 18.3 Å². The molecule has 3 amide bonds. The number of urea groups is 1. The van der Waals surface area contributed by atoms with Gasteiger partial charge in [0.2, 0.25) is 5.91 Å². The molecule has 1 aromatic carbocycles. The van der Waals surface area contributed by atoms with Crippen LogP contribution in [0.1, 0.15) is 18.5 Å². The molecule has 1 aliphatic heterocycles. The summed E-state index contributed by atoms with van der Waals surface area (Å²) in [6, 6.07) is 12.9. The van der Waals surface area contributed by atoms with E-state index in [9.17, 15) is 9.59 Å². The van der Waals surface area contributed by atoms with Crippen molar-refractivity contribution in [1.82, 2.24) is 15.6 Å². The van der Waals surface area contributed by atoms with Crippen LogP contribution in [0, 0.1) is 0 Å². The number of piperazine rings is 1. The third kappa shape index (κ3) is 4.47. The highest BCUT2D eigenvalue weighted by atomic mass is 16.2. The zero-order chi connectivity index (χ0) is 17.6. The number of nitrogens with zero attached hydrogens (tertiary/aromatic N) is 2. The van der Waals surface area contributed by atoms with E-state index >= 15 is 0 Å². The van der Waals surface area contributed by atoms with E-state index < -0.39 is 0 Å². The summed E-state index contributed by atoms with van der Waals surface area (Å²) < 4.78 is 0. The summed E-state index contributed by atoms with van der Waals surface area (Å²) in [5.41, 5.74) is 1.64. The maximum absolute atomic E-state index is 12.1. The van der Waals surface area contributed by atoms with Gasteiger partial charge < -0.3 is 20.9 Å². The first-order valence-corrected chi connectivity index (χ1v) is 8.22. The predicted octanol–water partition coefficient (Wildman–Crippen LogP) is 1.90. The minimum Gasteiger partial charge on any atom is -0.353 e. The lowest BCUT2D eigenvalue weighted by Gasteiger charge is -2.27. The molecule has 2 aromatic rings. The highest BCUT2D eigenvalue weighted by Crippen LogP contribution is 2.16. The lowest BCUT2D eigenvalue weighted by atomic mass is 10.1. The molecule has 0 spiro atoms. The fourth-order valence-electron chi connectivity index (χ4n) is 2.67. The van der Waals surface area contributed by atoms with Gasteiger partial charge >= 0.3 is 6.03 Å². The fraction of sp³-hybridized carbons (Fsp3) is 0.278. The van der Waals surface area contributed by atoms with Gasteiger partial charge in [-0.1, -0.05) is 30.3 Å². The van der Waals surface area contributed by atoms with Gasteiger partial charge in [0.1, 0.15) is 5.82 Å². The second kappa shape index (κ2) is 7.65. The molecule has 7 heteroatoms. The number of carbonyl (C=O) groups excluding carboxylic acids is 2. The average Bonchev–Trinajstić information content (AvgIpc) is 2.63. The molecular formula is C18H21N5O2. The molecule has 0 saturated carbocycles. The standard InChI is InChI=1S/C18H21N5O2/c1-13(14-5-3-2-4-6-14)21-18(25)22-15-7-8-16(20-11-15)23-10-9-19-17(24)12-23/h2-8,11,13H,9-10,12H2,1H3,(H,19,24)(H2,21,22,25)/t13-/m1/s1. The Hall–Kier alpha value is -3.09. The molecule has 2 heterocycles. The van der Waals surface area contributed by atoms with Crippen molar-refractivity contribution in [1.29, 1.82) is 0 Å². The Kier molecular flexibility index (Phi) is 5.13. The zero-order valence-electron chi connectivity index (χ0n) is 14.0. The number of amides is 3. The van der Waals surface area contributed by atoms with Crippen LogP contribution in [0.15, 0.2) is 48.7 Å². The Labute approximate surface area is 146 Å². The highest BCUT2D eigenvalue weighted by molar-refractivity contribution is 5.89. The number of benzene rings is 1. The summed E-state index contributed by atoms with van der Waals surface area (Å²) in [6.45, 7) is 3.56. The third-order valence-electron chi connectivity index (χ3n) is 4.02. The number of nitrogens with one attached hydrogen (secondary N) is 3. The van der Waals surface area contributed by atoms with E-state index in [-0.39, 0.29) is 18.0 Å². The van der Waals surface area contributed by atoms with E-state index in [1.807, 2.05) is 42.2 Å². The van der Waals surface area contributed by atoms with Crippen molar-refractivity contribution in [2.45, 2.75) is 13.0 Å². The Morgan fingerprint density at radius 2 is 2.04 bits per heavy atom. The van der Waals surface area contributed by atoms with E-state index in [0.29, 0.717) is 18.8 Å². The minimum absolute atomic E-state index is 0.00970. The molecule has 1 aromatic heterocycles. The Morgan fingerprint density at radius 3 is 2.72 bits per heavy atom. The third-order valence-corrected chi connectivity index (χ3v) is 4.02. The maximum Gasteiger partial charge on any atom is 0.319 e. The van der Waals surface area contributed by atoms with Gasteiger partial charge in [-0.05, 0) is 24.6 Å². The number of hydrogen-bond acceptors (Lipinski definition) is 4. The first-order valence-electron chi connectivity index (χ1n) is 8.22. The maximum atomic E-state index is 12.1. The lowest BCUT2D eigenvalue weighted by molar-refractivity contribution is -0.120. The number of rotatable bonds is 4. The van der Waals surface area contributed by atoms with Crippen LogP contribution in [0.5, 0.6) is 0 Å². The van der Waals surface area contributed by atoms with Crippen molar-refractivity contribution in [2.24, 2.45) is 0 Å². The highest BCUT2D eigenvalue weighted by Gasteiger charge is 2.17. The monoisotopic (exact) mass is 339 g/mol. The second-order valence-corrected chi connectivity index (χ2v) is 5.91. The van der Waals surface area contributed by atoms with Gasteiger partial charge in [-0.2, -0.15) is 0 Å². The van der Waals surface area contributed by atoms with Gasteiger partial charge in [0.25, 0.3) is 0 Å². The van der Waals surface area contributed by atoms with Crippen LogP contribution in [-0.4, -0.2) is 36.6 Å². The molecule has 0 bridgehead atoms. The Balaban J connectivity index is 1.56. The normalized spacial score (nSPS) is 15.2. The van der Waals surface area contributed by atoms with Crippen LogP contribution in [0.4, 0.5) is 16.3 Å². The molecule has 7 nitrogen and oxygen atoms in total. The van der Waals surface area contributed by atoms with E-state index in [0.717, 1.165) is 17.9 Å². The smallest absolute Gasteiger partial charge is 0.319 e. The summed E-state index contributed by atoms with van der Waals surface area (Å²) in [5.74, 6) is 0.711. The number of anilines is 2. The van der Waals surface area contributed by atoms with E-state index in [1.165, 1.54) is 0 Å². The quantitative estimate of drug-likeness (QED) is 0.794. The first kappa shape index (κ1) is 16.8. The molecule has 0 aliphatic carbocycles. The molecule has 3 rings (SSSR count). The number of hydrogen-bond donors (Lipinski definition) is 3. The van der Waals surface area contributed by atoms with Gasteiger partial charge in [0.15, 0.2) is 0 Å². The first-order chi connectivity index (χ1) is 12.1. The summed E-state index contributed by atoms with van der Waals surface area (Å²) in [5, 5.41) is 8.44. The molecule has 0 radical (unpaired) electrons. The van der Waals surface area contributed by atoms with Crippen LogP contribution in [0.25, 0.3) is 0 Å². The molecule has 0 unspecified atom stereocenters. The molecule has 130 valence electrons. The Bertz CT molecular complexity index is 733. The van der Waals surface area contributed by atoms with Crippen molar-refractivity contribution in [3.05, 3.63) is 54.2 Å². The molecule has 1 atom stereocenters. The number of carbonyl (C=O) groups is 2. The van der Waals surface area contributed by atoms with Gasteiger partial charge in [-0.15, -0.1) is 0 Å². The fourth-order valence-corrected chi connectivity index (χ4v) is 2.67. The van der Waals surface area contributed by atoms with Crippen LogP contribution in [0.2, 0.25) is 0 Å².